The van der Waals surface area contributed by atoms with Crippen LogP contribution in [0.3, 0.4) is 0 Å². The third-order valence-electron chi connectivity index (χ3n) is 3.66. The summed E-state index contributed by atoms with van der Waals surface area (Å²) in [4.78, 5) is 10.1. The number of nitrogens with zero attached hydrogens (tertiary/aromatic N) is 3. The lowest BCUT2D eigenvalue weighted by atomic mass is 10.2. The van der Waals surface area contributed by atoms with Crippen molar-refractivity contribution in [1.29, 1.82) is 0 Å². The van der Waals surface area contributed by atoms with Gasteiger partial charge in [0.2, 0.25) is 11.6 Å². The summed E-state index contributed by atoms with van der Waals surface area (Å²) in [6.45, 7) is 11.0. The Bertz CT molecular complexity index is 660. The smallest absolute Gasteiger partial charge is 0.213 e. The van der Waals surface area contributed by atoms with Gasteiger partial charge in [0.1, 0.15) is 6.10 Å². The van der Waals surface area contributed by atoms with Crippen molar-refractivity contribution in [2.24, 2.45) is 0 Å². The topological polar surface area (TPSA) is 29.7 Å². The predicted molar refractivity (Wildman–Crippen MR) is 82.9 cm³/mol. The van der Waals surface area contributed by atoms with Gasteiger partial charge in [-0.3, -0.25) is 0 Å². The molecular weight excluding hydrogens is 262 g/mol. The molecule has 21 heavy (non-hydrogen) atoms. The molecule has 1 atom stereocenters. The second kappa shape index (κ2) is 5.84. The number of benzene rings is 1. The van der Waals surface area contributed by atoms with E-state index < -0.39 is 0 Å². The SMILES string of the molecule is [C-]#[N+]c1ccccc1N1CCC(Oc2ccc(C)cn2)C1. The van der Waals surface area contributed by atoms with Gasteiger partial charge in [0.05, 0.1) is 13.1 Å². The lowest BCUT2D eigenvalue weighted by Gasteiger charge is -2.20. The molecule has 1 aromatic heterocycles. The highest BCUT2D eigenvalue weighted by molar-refractivity contribution is 5.71. The Morgan fingerprint density at radius 3 is 2.90 bits per heavy atom. The van der Waals surface area contributed by atoms with Gasteiger partial charge in [-0.2, -0.15) is 0 Å². The number of aryl methyl sites for hydroxylation is 1. The molecule has 0 N–H and O–H groups in total. The number of aromatic nitrogens is 1. The largest absolute Gasteiger partial charge is 0.472 e. The first kappa shape index (κ1) is 13.4. The Kier molecular flexibility index (Phi) is 3.74. The van der Waals surface area contributed by atoms with Crippen molar-refractivity contribution in [2.75, 3.05) is 18.0 Å². The molecule has 4 heteroatoms. The second-order valence-corrected chi connectivity index (χ2v) is 5.25. The van der Waals surface area contributed by atoms with Crippen molar-refractivity contribution in [3.8, 4) is 5.88 Å². The quantitative estimate of drug-likeness (QED) is 0.804. The Morgan fingerprint density at radius 1 is 1.29 bits per heavy atom. The molecule has 0 bridgehead atoms. The average Bonchev–Trinajstić information content (AvgIpc) is 2.98. The van der Waals surface area contributed by atoms with E-state index in [-0.39, 0.29) is 6.10 Å². The molecule has 1 fully saturated rings. The Morgan fingerprint density at radius 2 is 2.14 bits per heavy atom. The maximum Gasteiger partial charge on any atom is 0.213 e. The van der Waals surface area contributed by atoms with Crippen molar-refractivity contribution in [1.82, 2.24) is 4.98 Å². The molecular formula is C17H17N3O. The number of hydrogen-bond acceptors (Lipinski definition) is 3. The molecule has 4 nitrogen and oxygen atoms in total. The van der Waals surface area contributed by atoms with E-state index in [2.05, 4.69) is 14.7 Å². The maximum absolute atomic E-state index is 7.26. The lowest BCUT2D eigenvalue weighted by Crippen LogP contribution is -2.24. The number of rotatable bonds is 3. The highest BCUT2D eigenvalue weighted by atomic mass is 16.5. The van der Waals surface area contributed by atoms with E-state index in [9.17, 15) is 0 Å². The van der Waals surface area contributed by atoms with Gasteiger partial charge >= 0.3 is 0 Å². The summed E-state index contributed by atoms with van der Waals surface area (Å²) in [5.41, 5.74) is 2.82. The van der Waals surface area contributed by atoms with Crippen LogP contribution in [0.4, 0.5) is 11.4 Å². The van der Waals surface area contributed by atoms with Gasteiger partial charge in [-0.05, 0) is 18.6 Å². The van der Waals surface area contributed by atoms with Crippen LogP contribution in [0.15, 0.2) is 42.6 Å². The van der Waals surface area contributed by atoms with E-state index in [4.69, 9.17) is 11.3 Å². The van der Waals surface area contributed by atoms with Crippen molar-refractivity contribution in [2.45, 2.75) is 19.4 Å². The van der Waals surface area contributed by atoms with Gasteiger partial charge in [-0.15, -0.1) is 0 Å². The molecule has 106 valence electrons. The van der Waals surface area contributed by atoms with Gasteiger partial charge in [0.25, 0.3) is 0 Å². The fourth-order valence-corrected chi connectivity index (χ4v) is 2.56. The standard InChI is InChI=1S/C17H17N3O/c1-13-7-8-17(19-11-13)21-14-9-10-20(12-14)16-6-4-3-5-15(16)18-2/h3-8,11,14H,9-10,12H2,1H3. The summed E-state index contributed by atoms with van der Waals surface area (Å²) in [6, 6.07) is 11.6. The van der Waals surface area contributed by atoms with Crippen LogP contribution in [-0.2, 0) is 0 Å². The first-order valence-electron chi connectivity index (χ1n) is 7.07. The molecule has 2 heterocycles. The van der Waals surface area contributed by atoms with E-state index in [1.165, 1.54) is 0 Å². The number of anilines is 1. The van der Waals surface area contributed by atoms with Crippen LogP contribution in [0.25, 0.3) is 4.85 Å². The zero-order chi connectivity index (χ0) is 14.7. The van der Waals surface area contributed by atoms with Crippen LogP contribution < -0.4 is 9.64 Å². The Hall–Kier alpha value is -2.54. The third kappa shape index (κ3) is 2.97. The van der Waals surface area contributed by atoms with Gasteiger partial charge in [0, 0.05) is 30.9 Å². The molecule has 0 amide bonds. The minimum absolute atomic E-state index is 0.124. The summed E-state index contributed by atoms with van der Waals surface area (Å²) < 4.78 is 5.93. The Labute approximate surface area is 124 Å². The third-order valence-corrected chi connectivity index (χ3v) is 3.66. The molecule has 0 saturated carbocycles. The van der Waals surface area contributed by atoms with Crippen LogP contribution >= 0.6 is 0 Å². The summed E-state index contributed by atoms with van der Waals surface area (Å²) in [6.07, 6.45) is 2.89. The van der Waals surface area contributed by atoms with E-state index in [1.54, 1.807) is 0 Å². The normalized spacial score (nSPS) is 17.5. The molecule has 1 aromatic carbocycles. The van der Waals surface area contributed by atoms with Crippen molar-refractivity contribution in [3.05, 3.63) is 59.6 Å². The van der Waals surface area contributed by atoms with Crippen molar-refractivity contribution in [3.63, 3.8) is 0 Å². The molecule has 0 radical (unpaired) electrons. The first-order valence-corrected chi connectivity index (χ1v) is 7.07. The zero-order valence-electron chi connectivity index (χ0n) is 12.0. The van der Waals surface area contributed by atoms with Gasteiger partial charge in [-0.1, -0.05) is 24.3 Å². The van der Waals surface area contributed by atoms with Gasteiger partial charge in [0.15, 0.2) is 0 Å². The predicted octanol–water partition coefficient (Wildman–Crippen LogP) is 3.60. The molecule has 3 rings (SSSR count). The highest BCUT2D eigenvalue weighted by Crippen LogP contribution is 2.31. The average molecular weight is 279 g/mol. The van der Waals surface area contributed by atoms with Crippen LogP contribution in [0.1, 0.15) is 12.0 Å². The number of pyridine rings is 1. The number of para-hydroxylation sites is 2. The van der Waals surface area contributed by atoms with E-state index >= 15 is 0 Å². The lowest BCUT2D eigenvalue weighted by molar-refractivity contribution is 0.216. The number of ether oxygens (including phenoxy) is 1. The molecule has 2 aromatic rings. The highest BCUT2D eigenvalue weighted by Gasteiger charge is 2.25. The summed E-state index contributed by atoms with van der Waals surface area (Å²) in [7, 11) is 0. The molecule has 1 unspecified atom stereocenters. The Balaban J connectivity index is 1.68. The molecule has 0 spiro atoms. The van der Waals surface area contributed by atoms with Crippen LogP contribution in [0.2, 0.25) is 0 Å². The first-order chi connectivity index (χ1) is 10.3. The minimum atomic E-state index is 0.124. The summed E-state index contributed by atoms with van der Waals surface area (Å²) >= 11 is 0. The summed E-state index contributed by atoms with van der Waals surface area (Å²) in [5.74, 6) is 0.672. The molecule has 1 aliphatic heterocycles. The molecule has 1 saturated heterocycles. The maximum atomic E-state index is 7.26. The van der Waals surface area contributed by atoms with Gasteiger partial charge < -0.3 is 9.64 Å². The fourth-order valence-electron chi connectivity index (χ4n) is 2.56. The molecule has 1 aliphatic rings. The van der Waals surface area contributed by atoms with Gasteiger partial charge in [-0.25, -0.2) is 9.83 Å². The van der Waals surface area contributed by atoms with Crippen molar-refractivity contribution < 1.29 is 4.74 Å². The minimum Gasteiger partial charge on any atom is -0.472 e. The van der Waals surface area contributed by atoms with E-state index in [1.807, 2.05) is 49.5 Å². The summed E-state index contributed by atoms with van der Waals surface area (Å²) in [5, 5.41) is 0. The van der Waals surface area contributed by atoms with Crippen molar-refractivity contribution >= 4 is 11.4 Å². The second-order valence-electron chi connectivity index (χ2n) is 5.25. The zero-order valence-corrected chi connectivity index (χ0v) is 12.0. The van der Waals surface area contributed by atoms with Crippen LogP contribution in [-0.4, -0.2) is 24.2 Å². The monoisotopic (exact) mass is 279 g/mol. The van der Waals surface area contributed by atoms with E-state index in [0.717, 1.165) is 30.8 Å². The van der Waals surface area contributed by atoms with Crippen LogP contribution in [0.5, 0.6) is 5.88 Å². The van der Waals surface area contributed by atoms with Crippen LogP contribution in [0, 0.1) is 13.5 Å². The number of hydrogen-bond donors (Lipinski definition) is 0. The fraction of sp³-hybridized carbons (Fsp3) is 0.294. The molecule has 0 aliphatic carbocycles. The van der Waals surface area contributed by atoms with E-state index in [0.29, 0.717) is 11.6 Å².